The Labute approximate surface area is 159 Å². The third kappa shape index (κ3) is 4.71. The SMILES string of the molecule is CN(C)c1ccc2cc(C(=O)NSc3ccccc3OCC(F)F)oc2c1. The van der Waals surface area contributed by atoms with E-state index in [-0.39, 0.29) is 11.5 Å². The van der Waals surface area contributed by atoms with E-state index < -0.39 is 18.9 Å². The summed E-state index contributed by atoms with van der Waals surface area (Å²) in [5.41, 5.74) is 1.57. The van der Waals surface area contributed by atoms with Gasteiger partial charge in [-0.15, -0.1) is 0 Å². The molecule has 1 N–H and O–H groups in total. The van der Waals surface area contributed by atoms with E-state index >= 15 is 0 Å². The maximum atomic E-state index is 12.4. The molecule has 3 aromatic rings. The van der Waals surface area contributed by atoms with Crippen molar-refractivity contribution in [3.8, 4) is 5.75 Å². The number of fused-ring (bicyclic) bond motifs is 1. The topological polar surface area (TPSA) is 54.7 Å². The predicted molar refractivity (Wildman–Crippen MR) is 102 cm³/mol. The number of alkyl halides is 2. The quantitative estimate of drug-likeness (QED) is 0.597. The molecular formula is C19H18F2N2O3S. The van der Waals surface area contributed by atoms with Crippen LogP contribution in [0.15, 0.2) is 57.8 Å². The number of hydrogen-bond acceptors (Lipinski definition) is 5. The van der Waals surface area contributed by atoms with Gasteiger partial charge in [0.25, 0.3) is 12.3 Å². The Morgan fingerprint density at radius 3 is 2.74 bits per heavy atom. The van der Waals surface area contributed by atoms with Gasteiger partial charge in [-0.1, -0.05) is 12.1 Å². The molecule has 1 aromatic heterocycles. The molecule has 0 aliphatic heterocycles. The largest absolute Gasteiger partial charge is 0.486 e. The number of para-hydroxylation sites is 1. The van der Waals surface area contributed by atoms with Gasteiger partial charge in [0.1, 0.15) is 17.9 Å². The van der Waals surface area contributed by atoms with E-state index in [1.54, 1.807) is 30.3 Å². The summed E-state index contributed by atoms with van der Waals surface area (Å²) in [6.45, 7) is -0.705. The summed E-state index contributed by atoms with van der Waals surface area (Å²) in [6.07, 6.45) is -2.57. The lowest BCUT2D eigenvalue weighted by Gasteiger charge is -2.11. The van der Waals surface area contributed by atoms with Gasteiger partial charge in [0.05, 0.1) is 4.90 Å². The fourth-order valence-corrected chi connectivity index (χ4v) is 3.05. The van der Waals surface area contributed by atoms with Gasteiger partial charge >= 0.3 is 0 Å². The van der Waals surface area contributed by atoms with E-state index in [1.807, 2.05) is 37.2 Å². The third-order valence-corrected chi connectivity index (χ3v) is 4.56. The van der Waals surface area contributed by atoms with Crippen molar-refractivity contribution in [1.82, 2.24) is 4.72 Å². The van der Waals surface area contributed by atoms with Gasteiger partial charge in [-0.3, -0.25) is 9.52 Å². The van der Waals surface area contributed by atoms with Crippen LogP contribution in [0.3, 0.4) is 0 Å². The highest BCUT2D eigenvalue weighted by atomic mass is 32.2. The van der Waals surface area contributed by atoms with Crippen molar-refractivity contribution in [2.75, 3.05) is 25.6 Å². The van der Waals surface area contributed by atoms with Crippen LogP contribution in [0.5, 0.6) is 5.75 Å². The summed E-state index contributed by atoms with van der Waals surface area (Å²) < 4.78 is 38.1. The van der Waals surface area contributed by atoms with Gasteiger partial charge in [0.15, 0.2) is 5.76 Å². The second-order valence-electron chi connectivity index (χ2n) is 5.91. The second-order valence-corrected chi connectivity index (χ2v) is 6.76. The summed E-state index contributed by atoms with van der Waals surface area (Å²) in [5.74, 6) is 0.0222. The highest BCUT2D eigenvalue weighted by Gasteiger charge is 2.15. The number of furan rings is 1. The third-order valence-electron chi connectivity index (χ3n) is 3.71. The molecule has 0 unspecified atom stereocenters. The van der Waals surface area contributed by atoms with Gasteiger partial charge in [-0.25, -0.2) is 8.78 Å². The van der Waals surface area contributed by atoms with Crippen LogP contribution in [0.4, 0.5) is 14.5 Å². The molecule has 0 atom stereocenters. The molecule has 0 radical (unpaired) electrons. The molecule has 0 saturated carbocycles. The normalized spacial score (nSPS) is 11.0. The highest BCUT2D eigenvalue weighted by Crippen LogP contribution is 2.29. The fraction of sp³-hybridized carbons (Fsp3) is 0.211. The van der Waals surface area contributed by atoms with Crippen LogP contribution in [-0.4, -0.2) is 33.0 Å². The monoisotopic (exact) mass is 392 g/mol. The Bertz CT molecular complexity index is 944. The lowest BCUT2D eigenvalue weighted by molar-refractivity contribution is 0.0805. The number of amides is 1. The van der Waals surface area contributed by atoms with E-state index in [2.05, 4.69) is 4.72 Å². The molecule has 0 aliphatic rings. The lowest BCUT2D eigenvalue weighted by atomic mass is 10.2. The standard InChI is InChI=1S/C19H18F2N2O3S/c1-23(2)13-8-7-12-9-16(26-15(12)10-13)19(24)22-27-17-6-4-3-5-14(17)25-11-18(20)21/h3-10,18H,11H2,1-2H3,(H,22,24). The molecule has 3 rings (SSSR count). The maximum Gasteiger partial charge on any atom is 0.297 e. The Morgan fingerprint density at radius 1 is 1.22 bits per heavy atom. The van der Waals surface area contributed by atoms with Gasteiger partial charge in [-0.05, 0) is 42.3 Å². The molecule has 2 aromatic carbocycles. The zero-order valence-electron chi connectivity index (χ0n) is 14.7. The van der Waals surface area contributed by atoms with Gasteiger partial charge < -0.3 is 14.1 Å². The first-order valence-corrected chi connectivity index (χ1v) is 8.94. The minimum atomic E-state index is -2.57. The highest BCUT2D eigenvalue weighted by molar-refractivity contribution is 7.98. The molecule has 1 heterocycles. The molecule has 0 spiro atoms. The van der Waals surface area contributed by atoms with E-state index in [0.717, 1.165) is 23.0 Å². The number of nitrogens with zero attached hydrogens (tertiary/aromatic N) is 1. The molecule has 0 fully saturated rings. The van der Waals surface area contributed by atoms with Gasteiger partial charge in [-0.2, -0.15) is 0 Å². The van der Waals surface area contributed by atoms with Crippen LogP contribution >= 0.6 is 11.9 Å². The number of rotatable bonds is 7. The number of benzene rings is 2. The zero-order chi connectivity index (χ0) is 19.4. The van der Waals surface area contributed by atoms with E-state index in [4.69, 9.17) is 9.15 Å². The Hall–Kier alpha value is -2.74. The Kier molecular flexibility index (Phi) is 5.85. The molecule has 1 amide bonds. The van der Waals surface area contributed by atoms with E-state index in [9.17, 15) is 13.6 Å². The van der Waals surface area contributed by atoms with Gasteiger partial charge in [0.2, 0.25) is 0 Å². The predicted octanol–water partition coefficient (Wildman–Crippen LogP) is 4.58. The van der Waals surface area contributed by atoms with Crippen molar-refractivity contribution >= 4 is 34.5 Å². The molecule has 0 aliphatic carbocycles. The van der Waals surface area contributed by atoms with Crippen molar-refractivity contribution < 1.29 is 22.7 Å². The van der Waals surface area contributed by atoms with Crippen LogP contribution in [0.1, 0.15) is 10.6 Å². The maximum absolute atomic E-state index is 12.4. The van der Waals surface area contributed by atoms with Crippen LogP contribution in [0.2, 0.25) is 0 Å². The average Bonchev–Trinajstić information content (AvgIpc) is 3.08. The number of hydrogen-bond donors (Lipinski definition) is 1. The molecular weight excluding hydrogens is 374 g/mol. The first kappa shape index (κ1) is 19.0. The second kappa shape index (κ2) is 8.30. The molecule has 142 valence electrons. The van der Waals surface area contributed by atoms with Crippen molar-refractivity contribution in [3.63, 3.8) is 0 Å². The van der Waals surface area contributed by atoms with Gasteiger partial charge in [0, 0.05) is 31.2 Å². The first-order chi connectivity index (χ1) is 12.9. The minimum Gasteiger partial charge on any atom is -0.486 e. The van der Waals surface area contributed by atoms with Crippen molar-refractivity contribution in [2.45, 2.75) is 11.3 Å². The van der Waals surface area contributed by atoms with Crippen LogP contribution in [0, 0.1) is 0 Å². The molecule has 8 heteroatoms. The van der Waals surface area contributed by atoms with Crippen molar-refractivity contribution in [1.29, 1.82) is 0 Å². The smallest absolute Gasteiger partial charge is 0.297 e. The number of anilines is 1. The van der Waals surface area contributed by atoms with Crippen LogP contribution in [-0.2, 0) is 0 Å². The summed E-state index contributed by atoms with van der Waals surface area (Å²) >= 11 is 0.982. The summed E-state index contributed by atoms with van der Waals surface area (Å²) in [5, 5.41) is 0.816. The van der Waals surface area contributed by atoms with Crippen molar-refractivity contribution in [3.05, 3.63) is 54.3 Å². The van der Waals surface area contributed by atoms with Crippen LogP contribution < -0.4 is 14.4 Å². The first-order valence-electron chi connectivity index (χ1n) is 8.12. The van der Waals surface area contributed by atoms with Crippen molar-refractivity contribution in [2.24, 2.45) is 0 Å². The molecule has 0 bridgehead atoms. The number of carbonyl (C=O) groups excluding carboxylic acids is 1. The zero-order valence-corrected chi connectivity index (χ0v) is 15.6. The average molecular weight is 392 g/mol. The fourth-order valence-electron chi connectivity index (χ4n) is 2.37. The lowest BCUT2D eigenvalue weighted by Crippen LogP contribution is -2.15. The van der Waals surface area contributed by atoms with E-state index in [1.165, 1.54) is 0 Å². The molecule has 5 nitrogen and oxygen atoms in total. The molecule has 27 heavy (non-hydrogen) atoms. The summed E-state index contributed by atoms with van der Waals surface area (Å²) in [4.78, 5) is 14.9. The van der Waals surface area contributed by atoms with Crippen LogP contribution in [0.25, 0.3) is 11.0 Å². The molecule has 0 saturated heterocycles. The number of carbonyl (C=O) groups is 1. The summed E-state index contributed by atoms with van der Waals surface area (Å²) in [6, 6.07) is 14.0. The summed E-state index contributed by atoms with van der Waals surface area (Å²) in [7, 11) is 3.84. The number of halogens is 2. The Balaban J connectivity index is 1.70. The number of nitrogens with one attached hydrogen (secondary N) is 1. The van der Waals surface area contributed by atoms with E-state index in [0.29, 0.717) is 10.5 Å². The Morgan fingerprint density at radius 2 is 2.00 bits per heavy atom. The minimum absolute atomic E-state index is 0.166. The number of ether oxygens (including phenoxy) is 1.